The molecule has 0 spiro atoms. The normalized spacial score (nSPS) is 22.7. The van der Waals surface area contributed by atoms with Gasteiger partial charge in [-0.15, -0.1) is 11.3 Å². The lowest BCUT2D eigenvalue weighted by atomic mass is 9.85. The van der Waals surface area contributed by atoms with Crippen LogP contribution in [0.15, 0.2) is 48.8 Å². The van der Waals surface area contributed by atoms with Crippen LogP contribution in [0.2, 0.25) is 0 Å². The fraction of sp³-hybridized carbons (Fsp3) is 0.393. The topological polar surface area (TPSA) is 113 Å². The van der Waals surface area contributed by atoms with Gasteiger partial charge in [0.25, 0.3) is 0 Å². The summed E-state index contributed by atoms with van der Waals surface area (Å²) in [6.07, 6.45) is 4.43. The van der Waals surface area contributed by atoms with E-state index in [1.807, 2.05) is 64.1 Å². The molecule has 196 valence electrons. The molecule has 10 heteroatoms. The van der Waals surface area contributed by atoms with Crippen molar-refractivity contribution in [1.29, 1.82) is 0 Å². The van der Waals surface area contributed by atoms with Crippen LogP contribution in [0.25, 0.3) is 20.9 Å². The Hall–Kier alpha value is -3.63. The summed E-state index contributed by atoms with van der Waals surface area (Å²) in [7, 11) is 0. The first-order valence-electron chi connectivity index (χ1n) is 12.7. The Kier molecular flexibility index (Phi) is 5.84. The highest BCUT2D eigenvalue weighted by molar-refractivity contribution is 7.21. The Morgan fingerprint density at radius 3 is 2.76 bits per heavy atom. The summed E-state index contributed by atoms with van der Waals surface area (Å²) >= 11 is 1.56. The quantitative estimate of drug-likeness (QED) is 0.360. The van der Waals surface area contributed by atoms with Crippen LogP contribution < -0.4 is 5.32 Å². The van der Waals surface area contributed by atoms with Crippen molar-refractivity contribution in [2.24, 2.45) is 5.92 Å². The Labute approximate surface area is 224 Å². The summed E-state index contributed by atoms with van der Waals surface area (Å²) in [5.74, 6) is 1.11. The number of thiazole rings is 1. The Balaban J connectivity index is 1.19. The molecule has 1 saturated carbocycles. The van der Waals surface area contributed by atoms with Crippen molar-refractivity contribution < 1.29 is 14.6 Å². The largest absolute Gasteiger partial charge is 0.444 e. The molecule has 6 rings (SSSR count). The summed E-state index contributed by atoms with van der Waals surface area (Å²) in [5, 5.41) is 15.8. The summed E-state index contributed by atoms with van der Waals surface area (Å²) in [4.78, 5) is 32.9. The zero-order valence-electron chi connectivity index (χ0n) is 21.8. The number of rotatable bonds is 4. The number of pyridine rings is 3. The van der Waals surface area contributed by atoms with E-state index < -0.39 is 11.2 Å². The number of nitrogens with zero attached hydrogens (tertiary/aromatic N) is 5. The van der Waals surface area contributed by atoms with E-state index in [0.717, 1.165) is 32.9 Å². The lowest BCUT2D eigenvalue weighted by Gasteiger charge is -2.38. The first-order valence-corrected chi connectivity index (χ1v) is 13.6. The maximum absolute atomic E-state index is 12.6. The zero-order valence-corrected chi connectivity index (χ0v) is 22.6. The molecule has 1 aliphatic heterocycles. The third kappa shape index (κ3) is 4.48. The van der Waals surface area contributed by atoms with Crippen molar-refractivity contribution in [2.75, 3.05) is 11.9 Å². The predicted molar refractivity (Wildman–Crippen MR) is 146 cm³/mol. The van der Waals surface area contributed by atoms with Gasteiger partial charge in [-0.25, -0.2) is 19.7 Å². The second kappa shape index (κ2) is 8.99. The molecule has 2 N–H and O–H groups in total. The van der Waals surface area contributed by atoms with Crippen molar-refractivity contribution >= 4 is 39.3 Å². The van der Waals surface area contributed by atoms with Gasteiger partial charge in [0.1, 0.15) is 33.5 Å². The van der Waals surface area contributed by atoms with Crippen LogP contribution in [-0.4, -0.2) is 54.2 Å². The number of anilines is 2. The predicted octanol–water partition coefficient (Wildman–Crippen LogP) is 5.42. The number of piperidine rings is 1. The highest BCUT2D eigenvalue weighted by atomic mass is 32.1. The molecular formula is C28H30N6O3S. The number of fused-ring (bicyclic) bond motifs is 3. The minimum absolute atomic E-state index is 0.0658. The standard InChI is InChI=1S/C28H30N6O3S/c1-16-7-6-10-29-24(16)25-31-19-12-23(30-14-20(19)38-25)33-22-9-5-8-21(32-22)28(36)13-18-11-17(28)15-34(18)26(35)37-27(2,3)4/h5-10,12,14,17-18,36H,11,13,15H2,1-4H3,(H,30,32,33). The second-order valence-electron chi connectivity index (χ2n) is 11.1. The molecule has 0 aromatic carbocycles. The van der Waals surface area contributed by atoms with Gasteiger partial charge in [0.2, 0.25) is 0 Å². The highest BCUT2D eigenvalue weighted by Crippen LogP contribution is 2.50. The molecule has 9 nitrogen and oxygen atoms in total. The molecular weight excluding hydrogens is 500 g/mol. The van der Waals surface area contributed by atoms with Gasteiger partial charge in [-0.3, -0.25) is 4.98 Å². The fourth-order valence-corrected chi connectivity index (χ4v) is 6.41. The van der Waals surface area contributed by atoms with E-state index in [1.165, 1.54) is 0 Å². The molecule has 0 radical (unpaired) electrons. The molecule has 3 atom stereocenters. The molecule has 1 saturated heterocycles. The second-order valence-corrected chi connectivity index (χ2v) is 12.1. The Morgan fingerprint density at radius 1 is 1.18 bits per heavy atom. The van der Waals surface area contributed by atoms with Gasteiger partial charge in [0.15, 0.2) is 0 Å². The van der Waals surface area contributed by atoms with Crippen LogP contribution >= 0.6 is 11.3 Å². The lowest BCUT2D eigenvalue weighted by molar-refractivity contribution is -0.0466. The average Bonchev–Trinajstić information content (AvgIpc) is 3.56. The fourth-order valence-electron chi connectivity index (χ4n) is 5.43. The van der Waals surface area contributed by atoms with E-state index >= 15 is 0 Å². The van der Waals surface area contributed by atoms with Crippen LogP contribution in [0.3, 0.4) is 0 Å². The maximum atomic E-state index is 12.6. The first kappa shape index (κ1) is 24.7. The van der Waals surface area contributed by atoms with Crippen molar-refractivity contribution in [3.05, 3.63) is 60.0 Å². The molecule has 38 heavy (non-hydrogen) atoms. The third-order valence-corrected chi connectivity index (χ3v) is 8.21. The van der Waals surface area contributed by atoms with E-state index in [2.05, 4.69) is 15.3 Å². The van der Waals surface area contributed by atoms with Gasteiger partial charge in [-0.1, -0.05) is 12.1 Å². The number of ether oxygens (including phenoxy) is 1. The number of nitrogens with one attached hydrogen (secondary N) is 1. The SMILES string of the molecule is Cc1cccnc1-c1nc2cc(Nc3cccc(C4(O)CC5CC4CN5C(=O)OC(C)(C)C)n3)ncc2s1. The molecule has 2 fully saturated rings. The van der Waals surface area contributed by atoms with Gasteiger partial charge in [-0.2, -0.15) is 0 Å². The number of hydrogen-bond donors (Lipinski definition) is 2. The van der Waals surface area contributed by atoms with Crippen molar-refractivity contribution in [1.82, 2.24) is 24.8 Å². The number of carbonyl (C=O) groups is 1. The van der Waals surface area contributed by atoms with E-state index in [1.54, 1.807) is 28.6 Å². The number of likely N-dealkylation sites (tertiary alicyclic amines) is 1. The van der Waals surface area contributed by atoms with Crippen LogP contribution in [0, 0.1) is 12.8 Å². The summed E-state index contributed by atoms with van der Waals surface area (Å²) in [6, 6.07) is 11.4. The van der Waals surface area contributed by atoms with E-state index in [-0.39, 0.29) is 18.1 Å². The van der Waals surface area contributed by atoms with Gasteiger partial charge in [-0.05, 0) is 57.9 Å². The van der Waals surface area contributed by atoms with Crippen LogP contribution in [0.1, 0.15) is 44.9 Å². The summed E-state index contributed by atoms with van der Waals surface area (Å²) in [6.45, 7) is 8.06. The van der Waals surface area contributed by atoms with Crippen molar-refractivity contribution in [3.8, 4) is 10.7 Å². The molecule has 1 amide bonds. The molecule has 3 unspecified atom stereocenters. The number of amides is 1. The summed E-state index contributed by atoms with van der Waals surface area (Å²) in [5.41, 5.74) is 1.74. The van der Waals surface area contributed by atoms with E-state index in [9.17, 15) is 9.90 Å². The molecule has 4 aromatic heterocycles. The summed E-state index contributed by atoms with van der Waals surface area (Å²) < 4.78 is 6.54. The third-order valence-electron chi connectivity index (χ3n) is 7.20. The minimum atomic E-state index is -1.09. The van der Waals surface area contributed by atoms with Gasteiger partial charge >= 0.3 is 6.09 Å². The van der Waals surface area contributed by atoms with Crippen LogP contribution in [-0.2, 0) is 10.3 Å². The number of aliphatic hydroxyl groups is 1. The van der Waals surface area contributed by atoms with Gasteiger partial charge in [0.05, 0.1) is 15.9 Å². The van der Waals surface area contributed by atoms with E-state index in [4.69, 9.17) is 14.7 Å². The zero-order chi connectivity index (χ0) is 26.7. The van der Waals surface area contributed by atoms with Crippen LogP contribution in [0.5, 0.6) is 0 Å². The monoisotopic (exact) mass is 530 g/mol. The number of aryl methyl sites for hydroxylation is 1. The first-order chi connectivity index (χ1) is 18.1. The molecule has 4 aromatic rings. The smallest absolute Gasteiger partial charge is 0.410 e. The minimum Gasteiger partial charge on any atom is -0.444 e. The molecule has 2 bridgehead atoms. The van der Waals surface area contributed by atoms with E-state index in [0.29, 0.717) is 30.3 Å². The number of aromatic nitrogens is 4. The maximum Gasteiger partial charge on any atom is 0.410 e. The number of hydrogen-bond acceptors (Lipinski definition) is 9. The van der Waals surface area contributed by atoms with Gasteiger partial charge < -0.3 is 20.1 Å². The van der Waals surface area contributed by atoms with Crippen molar-refractivity contribution in [2.45, 2.75) is 57.8 Å². The van der Waals surface area contributed by atoms with Crippen LogP contribution in [0.4, 0.5) is 16.4 Å². The molecule has 2 aliphatic rings. The number of carbonyl (C=O) groups excluding carboxylic acids is 1. The molecule has 5 heterocycles. The Bertz CT molecular complexity index is 1530. The Morgan fingerprint density at radius 2 is 2.03 bits per heavy atom. The van der Waals surface area contributed by atoms with Crippen molar-refractivity contribution in [3.63, 3.8) is 0 Å². The molecule has 1 aliphatic carbocycles. The highest BCUT2D eigenvalue weighted by Gasteiger charge is 2.57. The average molecular weight is 531 g/mol. The lowest BCUT2D eigenvalue weighted by Crippen LogP contribution is -2.48. The van der Waals surface area contributed by atoms with Gasteiger partial charge in [0, 0.05) is 43.4 Å².